The molecule has 0 amide bonds. The van der Waals surface area contributed by atoms with Crippen LogP contribution in [0.25, 0.3) is 0 Å². The zero-order chi connectivity index (χ0) is 47.9. The van der Waals surface area contributed by atoms with Crippen molar-refractivity contribution in [3.05, 3.63) is 108 Å². The molecule has 4 heterocycles. The van der Waals surface area contributed by atoms with Crippen LogP contribution in [0.3, 0.4) is 0 Å². The molecule has 1 N–H and O–H groups in total. The molecule has 7 rings (SSSR count). The number of rotatable bonds is 24. The van der Waals surface area contributed by atoms with Crippen LogP contribution in [0.15, 0.2) is 91.0 Å². The molecule has 4 fully saturated rings. The fourth-order valence-corrected chi connectivity index (χ4v) is 10.5. The Bertz CT molecular complexity index is 1900. The van der Waals surface area contributed by atoms with Gasteiger partial charge >= 0.3 is 5.97 Å². The maximum atomic E-state index is 13.8. The van der Waals surface area contributed by atoms with E-state index in [9.17, 15) is 9.90 Å². The van der Waals surface area contributed by atoms with E-state index in [1.165, 1.54) is 57.8 Å². The van der Waals surface area contributed by atoms with Gasteiger partial charge in [-0.25, -0.2) is 0 Å². The Morgan fingerprint density at radius 3 is 1.62 bits per heavy atom. The van der Waals surface area contributed by atoms with Crippen LogP contribution >= 0.6 is 0 Å². The summed E-state index contributed by atoms with van der Waals surface area (Å²) in [5.74, 6) is -0.441. The van der Waals surface area contributed by atoms with Gasteiger partial charge in [-0.05, 0) is 30.1 Å². The quantitative estimate of drug-likeness (QED) is 0.0521. The van der Waals surface area contributed by atoms with Crippen molar-refractivity contribution in [3.63, 3.8) is 0 Å². The van der Waals surface area contributed by atoms with Gasteiger partial charge in [-0.3, -0.25) is 4.79 Å². The molecule has 0 aromatic heterocycles. The highest BCUT2D eigenvalue weighted by Gasteiger charge is 2.58. The lowest BCUT2D eigenvalue weighted by atomic mass is 9.96. The number of aliphatic hydroxyl groups is 1. The monoisotopic (exact) mass is 961 g/mol. The third-order valence-corrected chi connectivity index (χ3v) is 18.8. The van der Waals surface area contributed by atoms with Gasteiger partial charge in [-0.1, -0.05) is 196 Å². The molecular weight excluding hydrogens is 881 g/mol. The molecular formula is C55H80O12Si. The predicted octanol–water partition coefficient (Wildman–Crippen LogP) is 11.4. The molecule has 0 aliphatic carbocycles. The highest BCUT2D eigenvalue weighted by molar-refractivity contribution is 6.74. The second-order valence-electron chi connectivity index (χ2n) is 20.6. The van der Waals surface area contributed by atoms with Gasteiger partial charge in [0.15, 0.2) is 33.3 Å². The van der Waals surface area contributed by atoms with Gasteiger partial charge in [-0.15, -0.1) is 0 Å². The van der Waals surface area contributed by atoms with E-state index in [2.05, 4.69) is 40.8 Å². The summed E-state index contributed by atoms with van der Waals surface area (Å²) in [5, 5.41) is 12.1. The summed E-state index contributed by atoms with van der Waals surface area (Å²) in [6, 6.07) is 29.4. The number of hydrogen-bond acceptors (Lipinski definition) is 12. The van der Waals surface area contributed by atoms with Crippen molar-refractivity contribution in [3.8, 4) is 0 Å². The standard InChI is InChI=1S/C55H80O12Si/c1-7-8-9-10-11-12-13-14-15-16-17-18-28-35-44(56)63-48-45(57)46-42(37-59-51(64-46)40-31-24-20-25-32-40)61-53(48)66-54-50(67-68(5,6)55(2,3)4)49(58-36-39-29-22-19-23-30-39)47-43(62-54)38-60-52(65-47)41-33-26-21-27-34-41/h19-27,29-34,42-43,45-54,57H,7-18,28,35-38H2,1-6H3/t42-,43-,45+,46-,47-,48-,49+,50-,51-,52-,53-,54-/m1/s1. The summed E-state index contributed by atoms with van der Waals surface area (Å²) >= 11 is 0. The van der Waals surface area contributed by atoms with Crippen molar-refractivity contribution in [2.75, 3.05) is 13.2 Å². The Kier molecular flexibility index (Phi) is 20.1. The Morgan fingerprint density at radius 1 is 0.618 bits per heavy atom. The Morgan fingerprint density at radius 2 is 1.09 bits per heavy atom. The number of carbonyl (C=O) groups excluding carboxylic acids is 1. The Hall–Kier alpha value is -3.05. The van der Waals surface area contributed by atoms with Gasteiger partial charge in [0.25, 0.3) is 0 Å². The molecule has 0 radical (unpaired) electrons. The van der Waals surface area contributed by atoms with Crippen LogP contribution in [0.4, 0.5) is 0 Å². The topological polar surface area (TPSA) is 130 Å². The minimum atomic E-state index is -2.59. The van der Waals surface area contributed by atoms with Gasteiger partial charge in [-0.2, -0.15) is 0 Å². The van der Waals surface area contributed by atoms with Crippen LogP contribution in [0, 0.1) is 0 Å². The number of unbranched alkanes of at least 4 members (excludes halogenated alkanes) is 12. The first-order valence-corrected chi connectivity index (χ1v) is 28.6. The second kappa shape index (κ2) is 25.9. The molecule has 376 valence electrons. The Labute approximate surface area is 407 Å². The normalized spacial score (nSPS) is 29.8. The molecule has 0 saturated carbocycles. The van der Waals surface area contributed by atoms with Crippen LogP contribution in [-0.2, 0) is 58.5 Å². The van der Waals surface area contributed by atoms with Gasteiger partial charge < -0.3 is 52.2 Å². The molecule has 0 bridgehead atoms. The molecule has 4 saturated heterocycles. The van der Waals surface area contributed by atoms with Crippen LogP contribution in [0.2, 0.25) is 18.1 Å². The highest BCUT2D eigenvalue weighted by Crippen LogP contribution is 2.44. The van der Waals surface area contributed by atoms with Crippen molar-refractivity contribution in [1.82, 2.24) is 0 Å². The molecule has 0 unspecified atom stereocenters. The summed E-state index contributed by atoms with van der Waals surface area (Å²) in [6.07, 6.45) is 4.99. The number of ether oxygens (including phenoxy) is 9. The molecule has 3 aromatic rings. The molecule has 3 aromatic carbocycles. The maximum absolute atomic E-state index is 13.8. The van der Waals surface area contributed by atoms with Crippen molar-refractivity contribution < 1.29 is 57.0 Å². The molecule has 68 heavy (non-hydrogen) atoms. The SMILES string of the molecule is CCCCCCCCCCCCCCCC(=O)O[C@H]1[C@@H](O[C@H]2O[C@@H]3CO[C@@H](c4ccccc4)O[C@H]3[C@H](OCc3ccccc3)[C@H]2O[Si](C)(C)C(C)(C)C)O[C@@H]2CO[C@@H](c3ccccc3)O[C@H]2[C@@H]1O. The number of esters is 1. The first-order valence-electron chi connectivity index (χ1n) is 25.7. The lowest BCUT2D eigenvalue weighted by molar-refractivity contribution is -0.412. The van der Waals surface area contributed by atoms with Gasteiger partial charge in [0, 0.05) is 17.5 Å². The predicted molar refractivity (Wildman–Crippen MR) is 262 cm³/mol. The molecule has 0 spiro atoms. The van der Waals surface area contributed by atoms with E-state index in [0.29, 0.717) is 6.42 Å². The number of hydrogen-bond donors (Lipinski definition) is 1. The average Bonchev–Trinajstić information content (AvgIpc) is 3.34. The lowest BCUT2D eigenvalue weighted by Crippen LogP contribution is -2.68. The van der Waals surface area contributed by atoms with Crippen molar-refractivity contribution >= 4 is 14.3 Å². The third kappa shape index (κ3) is 14.5. The minimum absolute atomic E-state index is 0.103. The van der Waals surface area contributed by atoms with Crippen molar-refractivity contribution in [2.24, 2.45) is 0 Å². The van der Waals surface area contributed by atoms with E-state index < -0.39 is 88.3 Å². The van der Waals surface area contributed by atoms with Crippen LogP contribution in [-0.4, -0.2) is 94.0 Å². The smallest absolute Gasteiger partial charge is 0.306 e. The summed E-state index contributed by atoms with van der Waals surface area (Å²) in [7, 11) is -2.59. The number of fused-ring (bicyclic) bond motifs is 2. The molecule has 4 aliphatic heterocycles. The van der Waals surface area contributed by atoms with Crippen molar-refractivity contribution in [1.29, 1.82) is 0 Å². The zero-order valence-electron chi connectivity index (χ0n) is 41.5. The van der Waals surface area contributed by atoms with Gasteiger partial charge in [0.05, 0.1) is 19.8 Å². The first-order chi connectivity index (χ1) is 32.9. The van der Waals surface area contributed by atoms with E-state index in [1.807, 2.05) is 91.0 Å². The van der Waals surface area contributed by atoms with Crippen LogP contribution in [0.1, 0.15) is 147 Å². The molecule has 12 nitrogen and oxygen atoms in total. The number of aliphatic hydroxyl groups excluding tert-OH is 1. The third-order valence-electron chi connectivity index (χ3n) is 14.3. The summed E-state index contributed by atoms with van der Waals surface area (Å²) in [5.41, 5.74) is 2.66. The highest BCUT2D eigenvalue weighted by atomic mass is 28.4. The molecule has 13 heteroatoms. The maximum Gasteiger partial charge on any atom is 0.306 e. The van der Waals surface area contributed by atoms with E-state index in [4.69, 9.17) is 47.1 Å². The molecule has 4 aliphatic rings. The van der Waals surface area contributed by atoms with E-state index in [1.54, 1.807) is 0 Å². The van der Waals surface area contributed by atoms with Crippen LogP contribution < -0.4 is 0 Å². The van der Waals surface area contributed by atoms with Gasteiger partial charge in [0.2, 0.25) is 6.29 Å². The summed E-state index contributed by atoms with van der Waals surface area (Å²) in [6.45, 7) is 13.7. The van der Waals surface area contributed by atoms with E-state index in [0.717, 1.165) is 36.0 Å². The second-order valence-corrected chi connectivity index (χ2v) is 25.4. The van der Waals surface area contributed by atoms with Gasteiger partial charge in [0.1, 0.15) is 42.7 Å². The fourth-order valence-electron chi connectivity index (χ4n) is 9.25. The molecule has 12 atom stereocenters. The van der Waals surface area contributed by atoms with E-state index in [-0.39, 0.29) is 31.3 Å². The Balaban J connectivity index is 1.09. The lowest BCUT2D eigenvalue weighted by Gasteiger charge is -2.53. The largest absolute Gasteiger partial charge is 0.454 e. The summed E-state index contributed by atoms with van der Waals surface area (Å²) < 4.78 is 66.6. The van der Waals surface area contributed by atoms with Crippen molar-refractivity contribution in [2.45, 2.75) is 216 Å². The van der Waals surface area contributed by atoms with Crippen LogP contribution in [0.5, 0.6) is 0 Å². The zero-order valence-corrected chi connectivity index (χ0v) is 42.5. The minimum Gasteiger partial charge on any atom is -0.454 e. The summed E-state index contributed by atoms with van der Waals surface area (Å²) in [4.78, 5) is 13.8. The first kappa shape index (κ1) is 52.8. The number of carbonyl (C=O) groups is 1. The average molecular weight is 961 g/mol. The fraction of sp³-hybridized carbons (Fsp3) is 0.655. The van der Waals surface area contributed by atoms with E-state index >= 15 is 0 Å². The number of benzene rings is 3.